The first-order chi connectivity index (χ1) is 18.0. The number of alkyl halides is 3. The third-order valence-electron chi connectivity index (χ3n) is 6.62. The smallest absolute Gasteiger partial charge is 0.416 e. The van der Waals surface area contributed by atoms with Crippen molar-refractivity contribution in [3.63, 3.8) is 0 Å². The number of rotatable bonds is 8. The van der Waals surface area contributed by atoms with E-state index in [9.17, 15) is 18.0 Å². The van der Waals surface area contributed by atoms with Crippen molar-refractivity contribution in [3.05, 3.63) is 48.0 Å². The summed E-state index contributed by atoms with van der Waals surface area (Å²) in [7, 11) is 0. The van der Waals surface area contributed by atoms with Crippen LogP contribution in [0.5, 0.6) is 0 Å². The number of ether oxygens (including phenoxy) is 1. The lowest BCUT2D eigenvalue weighted by Gasteiger charge is -2.35. The molecule has 0 atom stereocenters. The second-order valence-corrected chi connectivity index (χ2v) is 11.8. The first kappa shape index (κ1) is 28.6. The number of para-hydroxylation sites is 1. The van der Waals surface area contributed by atoms with Crippen molar-refractivity contribution >= 4 is 29.2 Å². The zero-order valence-corrected chi connectivity index (χ0v) is 23.1. The van der Waals surface area contributed by atoms with Crippen LogP contribution in [0.25, 0.3) is 0 Å². The number of hydrogen-bond acceptors (Lipinski definition) is 6. The minimum Gasteiger partial charge on any atom is -0.444 e. The van der Waals surface area contributed by atoms with E-state index in [4.69, 9.17) is 4.74 Å². The van der Waals surface area contributed by atoms with Crippen molar-refractivity contribution in [1.29, 1.82) is 0 Å². The summed E-state index contributed by atoms with van der Waals surface area (Å²) in [6.45, 7) is 12.3. The molecule has 1 saturated heterocycles. The Hall–Kier alpha value is -2.43. The van der Waals surface area contributed by atoms with Crippen LogP contribution >= 0.6 is 11.8 Å². The number of nitrogens with one attached hydrogen (secondary N) is 1. The van der Waals surface area contributed by atoms with E-state index in [1.165, 1.54) is 23.9 Å². The number of carbonyl (C=O) groups is 1. The molecule has 0 bridgehead atoms. The number of piperazine rings is 1. The molecule has 0 radical (unpaired) electrons. The second kappa shape index (κ2) is 12.2. The van der Waals surface area contributed by atoms with E-state index >= 15 is 0 Å². The molecule has 1 fully saturated rings. The number of benzene rings is 2. The van der Waals surface area contributed by atoms with E-state index in [1.807, 2.05) is 49.9 Å². The van der Waals surface area contributed by atoms with Gasteiger partial charge in [-0.05, 0) is 70.5 Å². The average molecular weight is 551 g/mol. The van der Waals surface area contributed by atoms with Gasteiger partial charge in [-0.2, -0.15) is 13.2 Å². The summed E-state index contributed by atoms with van der Waals surface area (Å²) in [5, 5.41) is 2.81. The van der Waals surface area contributed by atoms with Crippen LogP contribution in [0.2, 0.25) is 0 Å². The maximum atomic E-state index is 13.4. The highest BCUT2D eigenvalue weighted by molar-refractivity contribution is 7.99. The lowest BCUT2D eigenvalue weighted by atomic mass is 10.1. The van der Waals surface area contributed by atoms with Crippen molar-refractivity contribution in [3.8, 4) is 0 Å². The van der Waals surface area contributed by atoms with Crippen LogP contribution in [-0.2, 0) is 10.9 Å². The van der Waals surface area contributed by atoms with Crippen molar-refractivity contribution in [2.24, 2.45) is 0 Å². The molecule has 4 rings (SSSR count). The van der Waals surface area contributed by atoms with Crippen LogP contribution in [-0.4, -0.2) is 73.9 Å². The summed E-state index contributed by atoms with van der Waals surface area (Å²) < 4.78 is 45.5. The molecule has 0 aromatic heterocycles. The fourth-order valence-corrected chi connectivity index (χ4v) is 5.79. The molecule has 2 heterocycles. The average Bonchev–Trinajstić information content (AvgIpc) is 2.85. The van der Waals surface area contributed by atoms with Gasteiger partial charge in [-0.1, -0.05) is 23.9 Å². The largest absolute Gasteiger partial charge is 0.444 e. The Kier molecular flexibility index (Phi) is 9.15. The van der Waals surface area contributed by atoms with E-state index in [1.54, 1.807) is 6.07 Å². The Balaban J connectivity index is 1.23. The van der Waals surface area contributed by atoms with E-state index in [2.05, 4.69) is 15.1 Å². The predicted octanol–water partition coefficient (Wildman–Crippen LogP) is 6.23. The maximum absolute atomic E-state index is 13.4. The molecular weight excluding hydrogens is 513 g/mol. The summed E-state index contributed by atoms with van der Waals surface area (Å²) in [6, 6.07) is 12.0. The zero-order valence-electron chi connectivity index (χ0n) is 22.3. The van der Waals surface area contributed by atoms with Gasteiger partial charge in [0.25, 0.3) is 0 Å². The van der Waals surface area contributed by atoms with Crippen molar-refractivity contribution in [2.45, 2.75) is 55.2 Å². The molecule has 10 heteroatoms. The van der Waals surface area contributed by atoms with Crippen LogP contribution in [0.3, 0.4) is 0 Å². The molecule has 2 aliphatic rings. The number of fused-ring (bicyclic) bond motifs is 2. The minimum absolute atomic E-state index is 0.386. The predicted molar refractivity (Wildman–Crippen MR) is 145 cm³/mol. The quantitative estimate of drug-likeness (QED) is 0.393. The second-order valence-electron chi connectivity index (χ2n) is 10.7. The molecule has 0 spiro atoms. The van der Waals surface area contributed by atoms with Gasteiger partial charge < -0.3 is 19.9 Å². The standard InChI is InChI=1S/C28H37F3N4O2S/c1-27(2,3)37-26(36)32-12-15-34-18-16-33(17-19-34)13-6-7-14-35-22-8-4-5-9-24(22)38-25-11-10-21(20-23(25)35)28(29,30)31/h4-5,8-11,20H,6-7,12-19H2,1-3H3,(H,32,36). The van der Waals surface area contributed by atoms with Crippen LogP contribution in [0.15, 0.2) is 52.3 Å². The van der Waals surface area contributed by atoms with Gasteiger partial charge in [0.2, 0.25) is 0 Å². The number of alkyl carbamates (subject to hydrolysis) is 1. The number of nitrogens with zero attached hydrogens (tertiary/aromatic N) is 3. The van der Waals surface area contributed by atoms with E-state index in [-0.39, 0.29) is 6.09 Å². The summed E-state index contributed by atoms with van der Waals surface area (Å²) in [5.41, 5.74) is 0.497. The molecule has 1 amide bonds. The molecule has 2 aliphatic heterocycles. The zero-order chi connectivity index (χ0) is 27.3. The lowest BCUT2D eigenvalue weighted by Crippen LogP contribution is -2.48. The minimum atomic E-state index is -4.36. The number of carbonyl (C=O) groups excluding carboxylic acids is 1. The van der Waals surface area contributed by atoms with Gasteiger partial charge in [0.1, 0.15) is 5.60 Å². The molecule has 6 nitrogen and oxygen atoms in total. The van der Waals surface area contributed by atoms with Gasteiger partial charge in [-0.3, -0.25) is 4.90 Å². The Labute approximate surface area is 227 Å². The normalized spacial score (nSPS) is 16.6. The van der Waals surface area contributed by atoms with Crippen molar-refractivity contribution < 1.29 is 22.7 Å². The van der Waals surface area contributed by atoms with E-state index in [0.717, 1.165) is 67.6 Å². The number of amides is 1. The van der Waals surface area contributed by atoms with Crippen LogP contribution in [0.1, 0.15) is 39.2 Å². The Bertz CT molecular complexity index is 1100. The van der Waals surface area contributed by atoms with Crippen molar-refractivity contribution in [2.75, 3.05) is 57.3 Å². The molecule has 1 N–H and O–H groups in total. The van der Waals surface area contributed by atoms with Gasteiger partial charge in [-0.15, -0.1) is 0 Å². The lowest BCUT2D eigenvalue weighted by molar-refractivity contribution is -0.137. The topological polar surface area (TPSA) is 48.1 Å². The summed E-state index contributed by atoms with van der Waals surface area (Å²) in [5.74, 6) is 0. The molecule has 0 unspecified atom stereocenters. The van der Waals surface area contributed by atoms with Gasteiger partial charge in [0.05, 0.1) is 16.9 Å². The Morgan fingerprint density at radius 2 is 1.53 bits per heavy atom. The number of unbranched alkanes of at least 4 members (excludes halogenated alkanes) is 1. The Morgan fingerprint density at radius 3 is 2.21 bits per heavy atom. The molecule has 0 saturated carbocycles. The number of halogens is 3. The van der Waals surface area contributed by atoms with E-state index < -0.39 is 17.3 Å². The molecule has 208 valence electrons. The van der Waals surface area contributed by atoms with Crippen LogP contribution in [0, 0.1) is 0 Å². The first-order valence-corrected chi connectivity index (χ1v) is 14.0. The van der Waals surface area contributed by atoms with Gasteiger partial charge in [-0.25, -0.2) is 4.79 Å². The van der Waals surface area contributed by atoms with Gasteiger partial charge >= 0.3 is 12.3 Å². The molecular formula is C28H37F3N4O2S. The van der Waals surface area contributed by atoms with Crippen molar-refractivity contribution in [1.82, 2.24) is 15.1 Å². The summed E-state index contributed by atoms with van der Waals surface area (Å²) in [4.78, 5) is 20.5. The third-order valence-corrected chi connectivity index (χ3v) is 7.75. The fourth-order valence-electron chi connectivity index (χ4n) is 4.72. The van der Waals surface area contributed by atoms with Crippen LogP contribution in [0.4, 0.5) is 29.3 Å². The monoisotopic (exact) mass is 550 g/mol. The highest BCUT2D eigenvalue weighted by atomic mass is 32.2. The van der Waals surface area contributed by atoms with Crippen LogP contribution < -0.4 is 10.2 Å². The van der Waals surface area contributed by atoms with Gasteiger partial charge in [0, 0.05) is 55.6 Å². The summed E-state index contributed by atoms with van der Waals surface area (Å²) in [6.07, 6.45) is -2.89. The number of hydrogen-bond donors (Lipinski definition) is 1. The molecule has 38 heavy (non-hydrogen) atoms. The fraction of sp³-hybridized carbons (Fsp3) is 0.536. The highest BCUT2D eigenvalue weighted by Gasteiger charge is 2.33. The Morgan fingerprint density at radius 1 is 0.895 bits per heavy atom. The molecule has 0 aliphatic carbocycles. The first-order valence-electron chi connectivity index (χ1n) is 13.2. The molecule has 2 aromatic rings. The van der Waals surface area contributed by atoms with E-state index in [0.29, 0.717) is 18.8 Å². The highest BCUT2D eigenvalue weighted by Crippen LogP contribution is 2.49. The third kappa shape index (κ3) is 7.80. The van der Waals surface area contributed by atoms with Gasteiger partial charge in [0.15, 0.2) is 0 Å². The maximum Gasteiger partial charge on any atom is 0.416 e. The SMILES string of the molecule is CC(C)(C)OC(=O)NCCN1CCN(CCCCN2c3ccccc3Sc3ccc(C(F)(F)F)cc32)CC1. The number of anilines is 2. The summed E-state index contributed by atoms with van der Waals surface area (Å²) >= 11 is 1.52. The molecule has 2 aromatic carbocycles.